The largest absolute Gasteiger partial charge is 0.264 e. The molecular weight excluding hydrogens is 154 g/mol. The van der Waals surface area contributed by atoms with Crippen LogP contribution in [0.3, 0.4) is 0 Å². The summed E-state index contributed by atoms with van der Waals surface area (Å²) in [5, 5.41) is 0. The Bertz CT molecular complexity index is 204. The molecule has 0 heterocycles. The molecule has 1 nitrogen and oxygen atoms in total. The minimum atomic E-state index is 1.07. The summed E-state index contributed by atoms with van der Waals surface area (Å²) in [6.45, 7) is 5.71. The quantitative estimate of drug-likeness (QED) is 0.589. The number of hydrogen-bond acceptors (Lipinski definition) is 2. The highest BCUT2D eigenvalue weighted by atomic mass is 32.2. The van der Waals surface area contributed by atoms with E-state index in [0.29, 0.717) is 0 Å². The topological polar surface area (TPSA) is 12.4 Å². The number of rotatable bonds is 3. The van der Waals surface area contributed by atoms with Gasteiger partial charge >= 0.3 is 0 Å². The third-order valence-electron chi connectivity index (χ3n) is 1.59. The van der Waals surface area contributed by atoms with E-state index in [4.69, 9.17) is 0 Å². The van der Waals surface area contributed by atoms with Crippen LogP contribution in [0, 0.1) is 0 Å². The molecule has 0 fully saturated rings. The average molecular weight is 167 g/mol. The third-order valence-corrected chi connectivity index (χ3v) is 2.64. The number of allylic oxidation sites excluding steroid dienone is 3. The van der Waals surface area contributed by atoms with Crippen molar-refractivity contribution in [3.8, 4) is 0 Å². The molecule has 0 radical (unpaired) electrons. The lowest BCUT2D eigenvalue weighted by Crippen LogP contribution is -1.89. The van der Waals surface area contributed by atoms with E-state index in [1.165, 1.54) is 4.91 Å². The van der Waals surface area contributed by atoms with E-state index in [1.54, 1.807) is 0 Å². The van der Waals surface area contributed by atoms with Crippen LogP contribution in [-0.2, 0) is 0 Å². The van der Waals surface area contributed by atoms with Crippen molar-refractivity contribution in [3.05, 3.63) is 22.8 Å². The molecule has 1 aliphatic rings. The van der Waals surface area contributed by atoms with Gasteiger partial charge in [-0.25, -0.2) is 0 Å². The zero-order chi connectivity index (χ0) is 8.10. The number of hydrogen-bond donors (Lipinski definition) is 0. The van der Waals surface area contributed by atoms with Crippen molar-refractivity contribution in [1.29, 1.82) is 0 Å². The van der Waals surface area contributed by atoms with E-state index in [9.17, 15) is 0 Å². The van der Waals surface area contributed by atoms with Crippen LogP contribution in [0.25, 0.3) is 0 Å². The molecule has 1 rings (SSSR count). The highest BCUT2D eigenvalue weighted by Gasteiger charge is 2.05. The summed E-state index contributed by atoms with van der Waals surface area (Å²) in [4.78, 5) is 5.36. The number of thioether (sulfide) groups is 1. The second kappa shape index (κ2) is 4.39. The Hall–Kier alpha value is -0.500. The first-order chi connectivity index (χ1) is 5.38. The molecule has 0 aromatic rings. The summed E-state index contributed by atoms with van der Waals surface area (Å²) in [6.07, 6.45) is 6.52. The SMILES string of the molecule is C=NC1=C(SCC)CCC=C1. The van der Waals surface area contributed by atoms with Crippen molar-refractivity contribution >= 4 is 18.5 Å². The molecule has 0 aromatic heterocycles. The summed E-state index contributed by atoms with van der Waals surface area (Å²) in [5.41, 5.74) is 1.07. The fourth-order valence-electron chi connectivity index (χ4n) is 1.09. The van der Waals surface area contributed by atoms with E-state index in [-0.39, 0.29) is 0 Å². The molecule has 0 aliphatic heterocycles. The summed E-state index contributed by atoms with van der Waals surface area (Å²) in [5.74, 6) is 1.13. The zero-order valence-corrected chi connectivity index (χ0v) is 7.66. The van der Waals surface area contributed by atoms with Gasteiger partial charge in [-0.1, -0.05) is 13.0 Å². The van der Waals surface area contributed by atoms with Gasteiger partial charge in [0.25, 0.3) is 0 Å². The standard InChI is InChI=1S/C9H13NS/c1-3-11-9-7-5-4-6-8(9)10-2/h4,6H,2-3,5,7H2,1H3. The highest BCUT2D eigenvalue weighted by molar-refractivity contribution is 8.03. The van der Waals surface area contributed by atoms with E-state index < -0.39 is 0 Å². The van der Waals surface area contributed by atoms with Gasteiger partial charge in [0.1, 0.15) is 0 Å². The first-order valence-corrected chi connectivity index (χ1v) is 4.86. The smallest absolute Gasteiger partial charge is 0.0714 e. The van der Waals surface area contributed by atoms with Gasteiger partial charge in [0.2, 0.25) is 0 Å². The molecule has 0 N–H and O–H groups in total. The van der Waals surface area contributed by atoms with Crippen LogP contribution in [0.5, 0.6) is 0 Å². The van der Waals surface area contributed by atoms with Gasteiger partial charge in [-0.2, -0.15) is 0 Å². The van der Waals surface area contributed by atoms with Crippen molar-refractivity contribution < 1.29 is 0 Å². The summed E-state index contributed by atoms with van der Waals surface area (Å²) >= 11 is 1.88. The molecule has 0 unspecified atom stereocenters. The van der Waals surface area contributed by atoms with E-state index in [1.807, 2.05) is 11.8 Å². The maximum Gasteiger partial charge on any atom is 0.0714 e. The van der Waals surface area contributed by atoms with E-state index >= 15 is 0 Å². The van der Waals surface area contributed by atoms with Gasteiger partial charge in [0.05, 0.1) is 5.70 Å². The molecule has 0 saturated carbocycles. The minimum absolute atomic E-state index is 1.07. The second-order valence-electron chi connectivity index (χ2n) is 2.34. The van der Waals surface area contributed by atoms with Crippen LogP contribution in [0.2, 0.25) is 0 Å². The van der Waals surface area contributed by atoms with Crippen LogP contribution >= 0.6 is 11.8 Å². The Morgan fingerprint density at radius 3 is 3.18 bits per heavy atom. The Labute approximate surface area is 72.3 Å². The summed E-state index contributed by atoms with van der Waals surface area (Å²) in [7, 11) is 0. The predicted octanol–water partition coefficient (Wildman–Crippen LogP) is 3.00. The molecular formula is C9H13NS. The fraction of sp³-hybridized carbons (Fsp3) is 0.444. The van der Waals surface area contributed by atoms with Gasteiger partial charge in [-0.05, 0) is 31.4 Å². The monoisotopic (exact) mass is 167 g/mol. The Morgan fingerprint density at radius 1 is 1.73 bits per heavy atom. The Morgan fingerprint density at radius 2 is 2.55 bits per heavy atom. The third kappa shape index (κ3) is 2.22. The highest BCUT2D eigenvalue weighted by Crippen LogP contribution is 2.29. The Kier molecular flexibility index (Phi) is 3.43. The van der Waals surface area contributed by atoms with Crippen molar-refractivity contribution in [2.45, 2.75) is 19.8 Å². The molecule has 0 spiro atoms. The second-order valence-corrected chi connectivity index (χ2v) is 3.70. The zero-order valence-electron chi connectivity index (χ0n) is 6.84. The molecule has 60 valence electrons. The fourth-order valence-corrected chi connectivity index (χ4v) is 1.98. The predicted molar refractivity (Wildman–Crippen MR) is 53.1 cm³/mol. The van der Waals surface area contributed by atoms with Crippen molar-refractivity contribution in [1.82, 2.24) is 0 Å². The molecule has 0 amide bonds. The molecule has 0 aromatic carbocycles. The molecule has 2 heteroatoms. The molecule has 0 saturated heterocycles. The maximum absolute atomic E-state index is 3.97. The molecule has 1 aliphatic carbocycles. The van der Waals surface area contributed by atoms with Crippen LogP contribution in [0.4, 0.5) is 0 Å². The van der Waals surface area contributed by atoms with Crippen LogP contribution in [0.1, 0.15) is 19.8 Å². The van der Waals surface area contributed by atoms with Gasteiger partial charge < -0.3 is 0 Å². The summed E-state index contributed by atoms with van der Waals surface area (Å²) < 4.78 is 0. The lowest BCUT2D eigenvalue weighted by Gasteiger charge is -2.10. The first-order valence-electron chi connectivity index (χ1n) is 3.87. The van der Waals surface area contributed by atoms with Gasteiger partial charge in [-0.3, -0.25) is 4.99 Å². The maximum atomic E-state index is 3.97. The van der Waals surface area contributed by atoms with E-state index in [0.717, 1.165) is 24.3 Å². The van der Waals surface area contributed by atoms with Crippen LogP contribution in [0.15, 0.2) is 27.7 Å². The number of aliphatic imine (C=N–C) groups is 1. The van der Waals surface area contributed by atoms with Gasteiger partial charge in [0.15, 0.2) is 0 Å². The Balaban J connectivity index is 2.73. The first kappa shape index (κ1) is 8.60. The summed E-state index contributed by atoms with van der Waals surface area (Å²) in [6, 6.07) is 0. The molecule has 11 heavy (non-hydrogen) atoms. The lowest BCUT2D eigenvalue weighted by atomic mass is 10.1. The average Bonchev–Trinajstić information content (AvgIpc) is 2.06. The van der Waals surface area contributed by atoms with Crippen molar-refractivity contribution in [3.63, 3.8) is 0 Å². The van der Waals surface area contributed by atoms with Crippen LogP contribution in [-0.4, -0.2) is 12.5 Å². The van der Waals surface area contributed by atoms with E-state index in [2.05, 4.69) is 30.8 Å². The number of nitrogens with zero attached hydrogens (tertiary/aromatic N) is 1. The van der Waals surface area contributed by atoms with Gasteiger partial charge in [-0.15, -0.1) is 11.8 Å². The molecule has 0 atom stereocenters. The molecule has 0 bridgehead atoms. The minimum Gasteiger partial charge on any atom is -0.264 e. The van der Waals surface area contributed by atoms with Crippen molar-refractivity contribution in [2.24, 2.45) is 4.99 Å². The van der Waals surface area contributed by atoms with Crippen LogP contribution < -0.4 is 0 Å². The van der Waals surface area contributed by atoms with Gasteiger partial charge in [0, 0.05) is 4.91 Å². The van der Waals surface area contributed by atoms with Crippen molar-refractivity contribution in [2.75, 3.05) is 5.75 Å². The normalized spacial score (nSPS) is 17.2. The lowest BCUT2D eigenvalue weighted by molar-refractivity contribution is 0.994.